The number of benzene rings is 1. The van der Waals surface area contributed by atoms with Crippen LogP contribution in [-0.4, -0.2) is 27.0 Å². The molecule has 1 aromatic heterocycles. The first kappa shape index (κ1) is 15.1. The number of carboxylic acid groups (broad SMARTS) is 1. The molecule has 6 nitrogen and oxygen atoms in total. The van der Waals surface area contributed by atoms with Crippen LogP contribution < -0.4 is 5.32 Å². The monoisotopic (exact) mass is 311 g/mol. The summed E-state index contributed by atoms with van der Waals surface area (Å²) in [7, 11) is 0. The minimum atomic E-state index is -1.17. The van der Waals surface area contributed by atoms with Gasteiger partial charge in [-0.05, 0) is 31.2 Å². The molecule has 6 heteroatoms. The van der Waals surface area contributed by atoms with Gasteiger partial charge in [-0.25, -0.2) is 14.8 Å². The third kappa shape index (κ3) is 3.53. The van der Waals surface area contributed by atoms with E-state index in [1.54, 1.807) is 0 Å². The first-order valence-corrected chi connectivity index (χ1v) is 7.47. The summed E-state index contributed by atoms with van der Waals surface area (Å²) in [6.07, 6.45) is 4.46. The fourth-order valence-corrected chi connectivity index (χ4v) is 2.45. The molecule has 1 amide bonds. The smallest absolute Gasteiger partial charge is 0.356 e. The van der Waals surface area contributed by atoms with Gasteiger partial charge >= 0.3 is 5.97 Å². The van der Waals surface area contributed by atoms with E-state index in [0.717, 1.165) is 24.6 Å². The van der Waals surface area contributed by atoms with Gasteiger partial charge in [0.25, 0.3) is 5.91 Å². The van der Waals surface area contributed by atoms with Crippen LogP contribution >= 0.6 is 0 Å². The highest BCUT2D eigenvalue weighted by Crippen LogP contribution is 2.41. The van der Waals surface area contributed by atoms with E-state index in [0.29, 0.717) is 5.92 Å². The molecule has 1 aromatic carbocycles. The first-order valence-electron chi connectivity index (χ1n) is 7.47. The zero-order valence-electron chi connectivity index (χ0n) is 12.7. The van der Waals surface area contributed by atoms with Crippen LogP contribution in [0.4, 0.5) is 0 Å². The number of aromatic nitrogens is 2. The van der Waals surface area contributed by atoms with E-state index >= 15 is 0 Å². The minimum absolute atomic E-state index is 0.0518. The number of carboxylic acids is 1. The summed E-state index contributed by atoms with van der Waals surface area (Å²) >= 11 is 0. The van der Waals surface area contributed by atoms with Gasteiger partial charge in [0.05, 0.1) is 18.4 Å². The predicted octanol–water partition coefficient (Wildman–Crippen LogP) is 2.36. The lowest BCUT2D eigenvalue weighted by atomic mass is 10.0. The van der Waals surface area contributed by atoms with Gasteiger partial charge in [-0.3, -0.25) is 4.79 Å². The van der Waals surface area contributed by atoms with Gasteiger partial charge in [-0.2, -0.15) is 0 Å². The number of hydrogen-bond donors (Lipinski definition) is 2. The van der Waals surface area contributed by atoms with E-state index in [2.05, 4.69) is 15.3 Å². The number of nitrogens with zero attached hydrogens (tertiary/aromatic N) is 2. The molecule has 1 aliphatic rings. The van der Waals surface area contributed by atoms with Crippen molar-refractivity contribution < 1.29 is 14.7 Å². The standard InChI is InChI=1S/C17H17N3O3/c1-10-2-4-11(5-3-10)15(12-6-7-12)20-16(21)13-8-19-14(9-18-13)17(22)23/h2-5,8-9,12,15H,6-7H2,1H3,(H,20,21)(H,22,23). The fraction of sp³-hybridized carbons (Fsp3) is 0.294. The second-order valence-corrected chi connectivity index (χ2v) is 5.79. The summed E-state index contributed by atoms with van der Waals surface area (Å²) < 4.78 is 0. The molecule has 23 heavy (non-hydrogen) atoms. The van der Waals surface area contributed by atoms with Crippen molar-refractivity contribution in [3.63, 3.8) is 0 Å². The third-order valence-corrected chi connectivity index (χ3v) is 3.92. The van der Waals surface area contributed by atoms with E-state index in [-0.39, 0.29) is 23.3 Å². The SMILES string of the molecule is Cc1ccc(C(NC(=O)c2cnc(C(=O)O)cn2)C2CC2)cc1. The van der Waals surface area contributed by atoms with Gasteiger partial charge in [0.15, 0.2) is 5.69 Å². The van der Waals surface area contributed by atoms with Crippen LogP contribution in [0.15, 0.2) is 36.7 Å². The molecule has 1 atom stereocenters. The van der Waals surface area contributed by atoms with E-state index in [1.807, 2.05) is 31.2 Å². The van der Waals surface area contributed by atoms with Crippen LogP contribution in [0.25, 0.3) is 0 Å². The lowest BCUT2D eigenvalue weighted by Crippen LogP contribution is -2.30. The Labute approximate surface area is 133 Å². The highest BCUT2D eigenvalue weighted by Gasteiger charge is 2.33. The Bertz CT molecular complexity index is 722. The Hall–Kier alpha value is -2.76. The van der Waals surface area contributed by atoms with Crippen molar-refractivity contribution in [2.45, 2.75) is 25.8 Å². The van der Waals surface area contributed by atoms with Crippen molar-refractivity contribution in [3.05, 3.63) is 59.2 Å². The van der Waals surface area contributed by atoms with Crippen molar-refractivity contribution in [2.75, 3.05) is 0 Å². The van der Waals surface area contributed by atoms with Gasteiger partial charge in [0, 0.05) is 0 Å². The van der Waals surface area contributed by atoms with Crippen molar-refractivity contribution in [1.29, 1.82) is 0 Å². The molecular weight excluding hydrogens is 294 g/mol. The number of rotatable bonds is 5. The maximum atomic E-state index is 12.3. The lowest BCUT2D eigenvalue weighted by Gasteiger charge is -2.18. The zero-order chi connectivity index (χ0) is 16.4. The Morgan fingerprint density at radius 1 is 1.13 bits per heavy atom. The maximum absolute atomic E-state index is 12.3. The van der Waals surface area contributed by atoms with Gasteiger partial charge in [0.1, 0.15) is 5.69 Å². The number of aromatic carboxylic acids is 1. The van der Waals surface area contributed by atoms with E-state index in [1.165, 1.54) is 11.8 Å². The molecule has 0 saturated heterocycles. The van der Waals surface area contributed by atoms with Crippen LogP contribution in [0.3, 0.4) is 0 Å². The molecule has 1 unspecified atom stereocenters. The maximum Gasteiger partial charge on any atom is 0.356 e. The van der Waals surface area contributed by atoms with Crippen molar-refractivity contribution in [3.8, 4) is 0 Å². The normalized spacial score (nSPS) is 15.0. The average molecular weight is 311 g/mol. The third-order valence-electron chi connectivity index (χ3n) is 3.92. The molecule has 1 fully saturated rings. The summed E-state index contributed by atoms with van der Waals surface area (Å²) in [6.45, 7) is 2.02. The number of carbonyl (C=O) groups is 2. The van der Waals surface area contributed by atoms with Gasteiger partial charge < -0.3 is 10.4 Å². The molecule has 1 saturated carbocycles. The topological polar surface area (TPSA) is 92.2 Å². The average Bonchev–Trinajstić information content (AvgIpc) is 3.38. The first-order chi connectivity index (χ1) is 11.0. The molecular formula is C17H17N3O3. The number of aryl methyl sites for hydroxylation is 1. The summed E-state index contributed by atoms with van der Waals surface area (Å²) in [5.41, 5.74) is 2.18. The largest absolute Gasteiger partial charge is 0.476 e. The number of hydrogen-bond acceptors (Lipinski definition) is 4. The summed E-state index contributed by atoms with van der Waals surface area (Å²) in [5, 5.41) is 11.8. The summed E-state index contributed by atoms with van der Waals surface area (Å²) in [4.78, 5) is 30.7. The second kappa shape index (κ2) is 6.16. The Morgan fingerprint density at radius 2 is 1.74 bits per heavy atom. The highest BCUT2D eigenvalue weighted by molar-refractivity contribution is 5.93. The number of carbonyl (C=O) groups excluding carboxylic acids is 1. The van der Waals surface area contributed by atoms with Gasteiger partial charge in [0.2, 0.25) is 0 Å². The quantitative estimate of drug-likeness (QED) is 0.884. The summed E-state index contributed by atoms with van der Waals surface area (Å²) in [6, 6.07) is 8.05. The summed E-state index contributed by atoms with van der Waals surface area (Å²) in [5.74, 6) is -1.07. The van der Waals surface area contributed by atoms with Crippen LogP contribution in [0.1, 0.15) is 51.0 Å². The van der Waals surface area contributed by atoms with Crippen molar-refractivity contribution in [1.82, 2.24) is 15.3 Å². The molecule has 0 bridgehead atoms. The molecule has 0 aliphatic heterocycles. The van der Waals surface area contributed by atoms with E-state index in [9.17, 15) is 9.59 Å². The molecule has 2 aromatic rings. The predicted molar refractivity (Wildman–Crippen MR) is 83.1 cm³/mol. The molecule has 0 radical (unpaired) electrons. The molecule has 3 rings (SSSR count). The van der Waals surface area contributed by atoms with Gasteiger partial charge in [-0.15, -0.1) is 0 Å². The Morgan fingerprint density at radius 3 is 2.26 bits per heavy atom. The molecule has 0 spiro atoms. The Kier molecular flexibility index (Phi) is 4.06. The fourth-order valence-electron chi connectivity index (χ4n) is 2.45. The Balaban J connectivity index is 1.76. The number of amides is 1. The number of nitrogens with one attached hydrogen (secondary N) is 1. The van der Waals surface area contributed by atoms with Crippen molar-refractivity contribution in [2.24, 2.45) is 5.92 Å². The zero-order valence-corrected chi connectivity index (χ0v) is 12.7. The second-order valence-electron chi connectivity index (χ2n) is 5.79. The molecule has 1 aliphatic carbocycles. The highest BCUT2D eigenvalue weighted by atomic mass is 16.4. The molecule has 118 valence electrons. The minimum Gasteiger partial charge on any atom is -0.476 e. The lowest BCUT2D eigenvalue weighted by molar-refractivity contribution is 0.0689. The van der Waals surface area contributed by atoms with Crippen LogP contribution in [0.2, 0.25) is 0 Å². The van der Waals surface area contributed by atoms with Gasteiger partial charge in [-0.1, -0.05) is 29.8 Å². The van der Waals surface area contributed by atoms with Crippen LogP contribution in [-0.2, 0) is 0 Å². The van der Waals surface area contributed by atoms with E-state index in [4.69, 9.17) is 5.11 Å². The van der Waals surface area contributed by atoms with Crippen molar-refractivity contribution >= 4 is 11.9 Å². The van der Waals surface area contributed by atoms with E-state index < -0.39 is 5.97 Å². The molecule has 2 N–H and O–H groups in total. The molecule has 1 heterocycles. The van der Waals surface area contributed by atoms with Crippen LogP contribution in [0.5, 0.6) is 0 Å². The van der Waals surface area contributed by atoms with Crippen LogP contribution in [0, 0.1) is 12.8 Å².